The molecule has 6 rings (SSSR count). The molecule has 0 fully saturated rings. The zero-order valence-electron chi connectivity index (χ0n) is 33.4. The molecule has 1 aliphatic rings. The number of hydrogen-bond acceptors (Lipinski definition) is 6. The lowest BCUT2D eigenvalue weighted by Crippen LogP contribution is -2.39. The Morgan fingerprint density at radius 3 is 1.27 bits per heavy atom. The molecule has 0 radical (unpaired) electrons. The number of benzene rings is 2. The summed E-state index contributed by atoms with van der Waals surface area (Å²) in [6.45, 7) is 5.99. The Morgan fingerprint density at radius 2 is 0.893 bits per heavy atom. The second kappa shape index (κ2) is 23.0. The van der Waals surface area contributed by atoms with E-state index in [-0.39, 0.29) is 0 Å². The third-order valence-corrected chi connectivity index (χ3v) is 13.9. The number of halogens is 2. The van der Waals surface area contributed by atoms with Crippen molar-refractivity contribution in [2.45, 2.75) is 129 Å². The van der Waals surface area contributed by atoms with Crippen molar-refractivity contribution >= 4 is 65.7 Å². The van der Waals surface area contributed by atoms with Crippen LogP contribution in [0.25, 0.3) is 33.7 Å². The molecular formula is C48H58Br2N2O2S2. The van der Waals surface area contributed by atoms with Crippen LogP contribution >= 0.6 is 54.5 Å². The zero-order valence-corrected chi connectivity index (χ0v) is 38.2. The van der Waals surface area contributed by atoms with Gasteiger partial charge in [0.1, 0.15) is 11.5 Å². The van der Waals surface area contributed by atoms with E-state index < -0.39 is 0 Å². The molecule has 0 aliphatic heterocycles. The summed E-state index contributed by atoms with van der Waals surface area (Å²) in [7, 11) is 0. The Labute approximate surface area is 360 Å². The first-order chi connectivity index (χ1) is 27.5. The molecule has 4 nitrogen and oxygen atoms in total. The number of fused-ring (bicyclic) bond motifs is 1. The van der Waals surface area contributed by atoms with Gasteiger partial charge in [0.05, 0.1) is 42.9 Å². The van der Waals surface area contributed by atoms with Gasteiger partial charge in [-0.2, -0.15) is 0 Å². The van der Waals surface area contributed by atoms with Crippen LogP contribution in [0.4, 0.5) is 0 Å². The average Bonchev–Trinajstić information content (AvgIpc) is 3.86. The van der Waals surface area contributed by atoms with Crippen molar-refractivity contribution in [1.29, 1.82) is 0 Å². The number of thiophene rings is 2. The average molecular weight is 919 g/mol. The fourth-order valence-electron chi connectivity index (χ4n) is 7.50. The topological polar surface area (TPSA) is 44.2 Å². The van der Waals surface area contributed by atoms with E-state index in [1.807, 2.05) is 0 Å². The van der Waals surface area contributed by atoms with Gasteiger partial charge >= 0.3 is 0 Å². The predicted molar refractivity (Wildman–Crippen MR) is 247 cm³/mol. The summed E-state index contributed by atoms with van der Waals surface area (Å²) in [5, 5.41) is 1.94. The number of aromatic nitrogens is 2. The minimum atomic E-state index is 0.721. The van der Waals surface area contributed by atoms with E-state index in [0.717, 1.165) is 91.2 Å². The van der Waals surface area contributed by atoms with Crippen LogP contribution in [0.2, 0.25) is 0 Å². The van der Waals surface area contributed by atoms with Crippen molar-refractivity contribution in [2.24, 2.45) is 0 Å². The maximum absolute atomic E-state index is 6.37. The van der Waals surface area contributed by atoms with Crippen molar-refractivity contribution in [3.63, 3.8) is 0 Å². The second-order valence-corrected chi connectivity index (χ2v) is 19.9. The fraction of sp³-hybridized carbons (Fsp3) is 0.458. The summed E-state index contributed by atoms with van der Waals surface area (Å²) in [6, 6.07) is 25.6. The second-order valence-electron chi connectivity index (χ2n) is 15.0. The van der Waals surface area contributed by atoms with Gasteiger partial charge in [0.15, 0.2) is 0 Å². The van der Waals surface area contributed by atoms with Gasteiger partial charge in [-0.05, 0) is 117 Å². The molecule has 3 aromatic heterocycles. The van der Waals surface area contributed by atoms with E-state index in [1.54, 1.807) is 22.7 Å². The van der Waals surface area contributed by atoms with Crippen LogP contribution < -0.4 is 20.2 Å². The lowest BCUT2D eigenvalue weighted by atomic mass is 9.95. The molecule has 5 aromatic rings. The number of nitrogens with zero attached hydrogens (tertiary/aromatic N) is 2. The van der Waals surface area contributed by atoms with Crippen LogP contribution in [0, 0.1) is 0 Å². The maximum Gasteiger partial charge on any atom is 0.119 e. The Kier molecular flexibility index (Phi) is 17.6. The molecule has 3 heterocycles. The molecule has 56 heavy (non-hydrogen) atoms. The van der Waals surface area contributed by atoms with Crippen LogP contribution in [0.3, 0.4) is 0 Å². The third kappa shape index (κ3) is 12.4. The molecule has 0 bridgehead atoms. The Hall–Kier alpha value is -2.78. The lowest BCUT2D eigenvalue weighted by molar-refractivity contribution is 0.304. The van der Waals surface area contributed by atoms with Gasteiger partial charge < -0.3 is 9.47 Å². The van der Waals surface area contributed by atoms with Crippen molar-refractivity contribution in [3.8, 4) is 34.0 Å². The van der Waals surface area contributed by atoms with Crippen LogP contribution in [-0.4, -0.2) is 23.2 Å². The Morgan fingerprint density at radius 1 is 0.500 bits per heavy atom. The minimum Gasteiger partial charge on any atom is -0.494 e. The fourth-order valence-corrected chi connectivity index (χ4v) is 10.4. The largest absolute Gasteiger partial charge is 0.494 e. The SMILES string of the molecule is CCCCCCCCCCOc1cccc(-c2nc3c(nc2-c2cccc(OCCCCCCCCCC)c2)=C(c2ccc(Br)s2)CCC=3c2ccc(Br)s2)c1. The normalized spacial score (nSPS) is 12.6. The van der Waals surface area contributed by atoms with Gasteiger partial charge in [-0.15, -0.1) is 22.7 Å². The van der Waals surface area contributed by atoms with E-state index in [4.69, 9.17) is 19.4 Å². The monoisotopic (exact) mass is 916 g/mol. The summed E-state index contributed by atoms with van der Waals surface area (Å²) < 4.78 is 15.0. The number of rotatable bonds is 24. The van der Waals surface area contributed by atoms with Crippen LogP contribution in [0.1, 0.15) is 139 Å². The quantitative estimate of drug-likeness (QED) is 0.0579. The van der Waals surface area contributed by atoms with Crippen molar-refractivity contribution in [3.05, 3.63) is 101 Å². The number of unbranched alkanes of at least 4 members (excludes halogenated alkanes) is 14. The molecule has 298 valence electrons. The van der Waals surface area contributed by atoms with Crippen LogP contribution in [-0.2, 0) is 0 Å². The first-order valence-electron chi connectivity index (χ1n) is 21.2. The highest BCUT2D eigenvalue weighted by atomic mass is 79.9. The molecule has 0 N–H and O–H groups in total. The van der Waals surface area contributed by atoms with E-state index in [9.17, 15) is 0 Å². The highest BCUT2D eigenvalue weighted by Crippen LogP contribution is 2.36. The smallest absolute Gasteiger partial charge is 0.119 e. The number of hydrogen-bond donors (Lipinski definition) is 0. The zero-order chi connectivity index (χ0) is 39.0. The molecule has 0 amide bonds. The first-order valence-corrected chi connectivity index (χ1v) is 24.4. The first kappa shape index (κ1) is 42.8. The van der Waals surface area contributed by atoms with Crippen LogP contribution in [0.5, 0.6) is 11.5 Å². The maximum atomic E-state index is 6.37. The van der Waals surface area contributed by atoms with Gasteiger partial charge in [0.2, 0.25) is 0 Å². The third-order valence-electron chi connectivity index (χ3n) is 10.6. The van der Waals surface area contributed by atoms with Gasteiger partial charge in [0, 0.05) is 20.9 Å². The molecule has 0 atom stereocenters. The highest BCUT2D eigenvalue weighted by molar-refractivity contribution is 9.11. The molecule has 0 unspecified atom stereocenters. The van der Waals surface area contributed by atoms with Crippen molar-refractivity contribution in [2.75, 3.05) is 13.2 Å². The van der Waals surface area contributed by atoms with Crippen molar-refractivity contribution in [1.82, 2.24) is 9.97 Å². The van der Waals surface area contributed by atoms with E-state index >= 15 is 0 Å². The number of ether oxygens (including phenoxy) is 2. The minimum absolute atomic E-state index is 0.721. The molecule has 2 aromatic carbocycles. The van der Waals surface area contributed by atoms with E-state index in [1.165, 1.54) is 111 Å². The molecule has 1 aliphatic carbocycles. The van der Waals surface area contributed by atoms with E-state index in [0.29, 0.717) is 0 Å². The van der Waals surface area contributed by atoms with Gasteiger partial charge in [-0.1, -0.05) is 128 Å². The van der Waals surface area contributed by atoms with Gasteiger partial charge in [-0.25, -0.2) is 9.97 Å². The lowest BCUT2D eigenvalue weighted by Gasteiger charge is -2.18. The van der Waals surface area contributed by atoms with E-state index in [2.05, 4.69) is 119 Å². The predicted octanol–water partition coefficient (Wildman–Crippen LogP) is 14.7. The summed E-state index contributed by atoms with van der Waals surface area (Å²) in [4.78, 5) is 13.7. The Balaban J connectivity index is 1.33. The highest BCUT2D eigenvalue weighted by Gasteiger charge is 2.22. The summed E-state index contributed by atoms with van der Waals surface area (Å²) in [5.74, 6) is 1.75. The molecule has 0 saturated heterocycles. The summed E-state index contributed by atoms with van der Waals surface area (Å²) >= 11 is 11.0. The molecule has 0 saturated carbocycles. The van der Waals surface area contributed by atoms with Gasteiger partial charge in [-0.3, -0.25) is 0 Å². The molecule has 8 heteroatoms. The summed E-state index contributed by atoms with van der Waals surface area (Å²) in [5.41, 5.74) is 6.24. The van der Waals surface area contributed by atoms with Gasteiger partial charge in [0.25, 0.3) is 0 Å². The Bertz CT molecular complexity index is 1960. The summed E-state index contributed by atoms with van der Waals surface area (Å²) in [6.07, 6.45) is 22.3. The van der Waals surface area contributed by atoms with Crippen molar-refractivity contribution < 1.29 is 9.47 Å². The standard InChI is InChI=1S/C48H58Br2N2O2S2/c1-3-5-7-9-11-13-15-17-31-53-37-23-19-21-35(33-37)45-46(36-22-20-24-38(34-36)54-32-18-16-14-12-10-8-6-4-2)52-48-40(42-28-30-44(50)56-42)26-25-39(47(48)51-45)41-27-29-43(49)55-41/h19-24,27-30,33-34H,3-18,25-26,31-32H2,1-2H3. The molecular weight excluding hydrogens is 860 g/mol. The molecule has 0 spiro atoms. The van der Waals surface area contributed by atoms with Crippen LogP contribution in [0.15, 0.2) is 80.4 Å².